The second kappa shape index (κ2) is 11.4. The lowest BCUT2D eigenvalue weighted by molar-refractivity contribution is -0.113. The van der Waals surface area contributed by atoms with E-state index < -0.39 is 0 Å². The predicted octanol–water partition coefficient (Wildman–Crippen LogP) is 5.09. The maximum absolute atomic E-state index is 12.4. The molecule has 3 aromatic rings. The number of benzene rings is 2. The molecular weight excluding hydrogens is 493 g/mol. The molecule has 1 aromatic heterocycles. The molecule has 166 valence electrons. The Morgan fingerprint density at radius 1 is 1.09 bits per heavy atom. The van der Waals surface area contributed by atoms with Crippen molar-refractivity contribution in [3.63, 3.8) is 0 Å². The molecule has 0 spiro atoms. The zero-order valence-electron chi connectivity index (χ0n) is 16.6. The summed E-state index contributed by atoms with van der Waals surface area (Å²) in [4.78, 5) is 24.7. The van der Waals surface area contributed by atoms with Crippen molar-refractivity contribution >= 4 is 64.1 Å². The van der Waals surface area contributed by atoms with E-state index in [4.69, 9.17) is 34.8 Å². The number of nitrogens with zero attached hydrogens (tertiary/aromatic N) is 3. The van der Waals surface area contributed by atoms with Gasteiger partial charge >= 0.3 is 0 Å². The molecule has 3 rings (SSSR count). The van der Waals surface area contributed by atoms with Gasteiger partial charge in [-0.25, -0.2) is 0 Å². The zero-order valence-corrected chi connectivity index (χ0v) is 19.7. The Balaban J connectivity index is 1.62. The fourth-order valence-corrected chi connectivity index (χ4v) is 3.96. The largest absolute Gasteiger partial charge is 0.345 e. The van der Waals surface area contributed by atoms with Crippen molar-refractivity contribution in [2.75, 3.05) is 11.1 Å². The minimum absolute atomic E-state index is 0.0764. The molecule has 32 heavy (non-hydrogen) atoms. The van der Waals surface area contributed by atoms with Crippen LogP contribution in [0.2, 0.25) is 15.1 Å². The Kier molecular flexibility index (Phi) is 8.58. The van der Waals surface area contributed by atoms with Crippen LogP contribution in [0.15, 0.2) is 60.3 Å². The topological polar surface area (TPSA) is 88.9 Å². The molecule has 7 nitrogen and oxygen atoms in total. The van der Waals surface area contributed by atoms with Gasteiger partial charge in [-0.1, -0.05) is 58.7 Å². The van der Waals surface area contributed by atoms with E-state index in [1.807, 2.05) is 0 Å². The number of rotatable bonds is 9. The van der Waals surface area contributed by atoms with Crippen molar-refractivity contribution in [2.24, 2.45) is 0 Å². The number of thioether (sulfide) groups is 1. The molecular formula is C21H18Cl3N5O2S. The lowest BCUT2D eigenvalue weighted by atomic mass is 10.2. The van der Waals surface area contributed by atoms with Gasteiger partial charge in [0, 0.05) is 22.2 Å². The predicted molar refractivity (Wildman–Crippen MR) is 129 cm³/mol. The molecule has 0 aliphatic heterocycles. The first kappa shape index (κ1) is 24.1. The van der Waals surface area contributed by atoms with Gasteiger partial charge in [0.15, 0.2) is 11.0 Å². The molecule has 0 fully saturated rings. The highest BCUT2D eigenvalue weighted by Crippen LogP contribution is 2.26. The van der Waals surface area contributed by atoms with E-state index in [1.54, 1.807) is 53.1 Å². The van der Waals surface area contributed by atoms with E-state index in [0.29, 0.717) is 43.8 Å². The third-order valence-electron chi connectivity index (χ3n) is 4.13. The van der Waals surface area contributed by atoms with Gasteiger partial charge in [-0.2, -0.15) is 0 Å². The third-order valence-corrected chi connectivity index (χ3v) is 5.90. The van der Waals surface area contributed by atoms with Gasteiger partial charge in [0.1, 0.15) is 0 Å². The molecule has 2 aromatic carbocycles. The van der Waals surface area contributed by atoms with Crippen LogP contribution in [-0.4, -0.2) is 32.3 Å². The van der Waals surface area contributed by atoms with Gasteiger partial charge in [0.25, 0.3) is 5.91 Å². The van der Waals surface area contributed by atoms with Crippen LogP contribution >= 0.6 is 46.6 Å². The fourth-order valence-electron chi connectivity index (χ4n) is 2.67. The van der Waals surface area contributed by atoms with E-state index in [1.165, 1.54) is 11.8 Å². The van der Waals surface area contributed by atoms with E-state index in [9.17, 15) is 9.59 Å². The Labute approximate surface area is 204 Å². The summed E-state index contributed by atoms with van der Waals surface area (Å²) in [7, 11) is 0. The van der Waals surface area contributed by atoms with Crippen molar-refractivity contribution in [1.82, 2.24) is 20.1 Å². The van der Waals surface area contributed by atoms with Crippen molar-refractivity contribution < 1.29 is 9.59 Å². The summed E-state index contributed by atoms with van der Waals surface area (Å²) in [6.45, 7) is 4.31. The maximum atomic E-state index is 12.4. The van der Waals surface area contributed by atoms with Crippen LogP contribution in [0, 0.1) is 0 Å². The normalized spacial score (nSPS) is 10.6. The summed E-state index contributed by atoms with van der Waals surface area (Å²) in [5.74, 6) is 0.0457. The number of carbonyl (C=O) groups is 2. The number of carbonyl (C=O) groups excluding carboxylic acids is 2. The van der Waals surface area contributed by atoms with Gasteiger partial charge in [-0.3, -0.25) is 9.59 Å². The molecule has 0 saturated heterocycles. The van der Waals surface area contributed by atoms with Gasteiger partial charge in [-0.15, -0.1) is 16.8 Å². The number of nitrogens with one attached hydrogen (secondary N) is 2. The SMILES string of the molecule is C=CCn1c(CNC(=O)c2cccc(Cl)c2)nnc1SCC(=O)Nc1cc(Cl)ccc1Cl. The van der Waals surface area contributed by atoms with Crippen LogP contribution in [-0.2, 0) is 17.9 Å². The molecule has 0 aliphatic carbocycles. The zero-order chi connectivity index (χ0) is 23.1. The first-order chi connectivity index (χ1) is 15.4. The second-order valence-corrected chi connectivity index (χ2v) is 8.67. The number of halogens is 3. The van der Waals surface area contributed by atoms with E-state index in [2.05, 4.69) is 27.4 Å². The maximum Gasteiger partial charge on any atom is 0.251 e. The highest BCUT2D eigenvalue weighted by molar-refractivity contribution is 7.99. The average Bonchev–Trinajstić information content (AvgIpc) is 3.15. The minimum atomic E-state index is -0.285. The van der Waals surface area contributed by atoms with Gasteiger partial charge in [-0.05, 0) is 36.4 Å². The fraction of sp³-hybridized carbons (Fsp3) is 0.143. The van der Waals surface area contributed by atoms with Crippen LogP contribution in [0.1, 0.15) is 16.2 Å². The Bertz CT molecular complexity index is 1150. The van der Waals surface area contributed by atoms with Crippen LogP contribution in [0.4, 0.5) is 5.69 Å². The van der Waals surface area contributed by atoms with Gasteiger partial charge in [0.05, 0.1) is 23.0 Å². The van der Waals surface area contributed by atoms with Crippen LogP contribution in [0.5, 0.6) is 0 Å². The van der Waals surface area contributed by atoms with Gasteiger partial charge < -0.3 is 15.2 Å². The molecule has 2 amide bonds. The van der Waals surface area contributed by atoms with Crippen molar-refractivity contribution in [2.45, 2.75) is 18.2 Å². The molecule has 0 aliphatic rings. The number of anilines is 1. The summed E-state index contributed by atoms with van der Waals surface area (Å²) in [6.07, 6.45) is 1.68. The molecule has 11 heteroatoms. The lowest BCUT2D eigenvalue weighted by Crippen LogP contribution is -2.24. The Morgan fingerprint density at radius 2 is 1.88 bits per heavy atom. The second-order valence-electron chi connectivity index (χ2n) is 6.45. The Morgan fingerprint density at radius 3 is 2.62 bits per heavy atom. The Hall–Kier alpha value is -2.52. The smallest absolute Gasteiger partial charge is 0.251 e. The molecule has 0 radical (unpaired) electrons. The number of allylic oxidation sites excluding steroid dienone is 1. The lowest BCUT2D eigenvalue weighted by Gasteiger charge is -2.10. The highest BCUT2D eigenvalue weighted by Gasteiger charge is 2.15. The molecule has 0 bridgehead atoms. The van der Waals surface area contributed by atoms with E-state index in [-0.39, 0.29) is 24.1 Å². The highest BCUT2D eigenvalue weighted by atomic mass is 35.5. The molecule has 0 saturated carbocycles. The van der Waals surface area contributed by atoms with Crippen LogP contribution in [0.25, 0.3) is 0 Å². The van der Waals surface area contributed by atoms with Gasteiger partial charge in [0.2, 0.25) is 5.91 Å². The summed E-state index contributed by atoms with van der Waals surface area (Å²) in [5.41, 5.74) is 0.875. The average molecular weight is 511 g/mol. The molecule has 2 N–H and O–H groups in total. The number of hydrogen-bond donors (Lipinski definition) is 2. The first-order valence-electron chi connectivity index (χ1n) is 9.32. The summed E-state index contributed by atoms with van der Waals surface area (Å²) in [5, 5.41) is 15.6. The van der Waals surface area contributed by atoms with Crippen molar-refractivity contribution in [3.05, 3.63) is 81.6 Å². The number of amides is 2. The summed E-state index contributed by atoms with van der Waals surface area (Å²) in [6, 6.07) is 11.5. The van der Waals surface area contributed by atoms with E-state index in [0.717, 1.165) is 0 Å². The summed E-state index contributed by atoms with van der Waals surface area (Å²) < 4.78 is 1.77. The number of aromatic nitrogens is 3. The standard InChI is InChI=1S/C21H18Cl3N5O2S/c1-2-8-29-18(11-25-20(31)13-4-3-5-14(22)9-13)27-28-21(29)32-12-19(30)26-17-10-15(23)6-7-16(17)24/h2-7,9-10H,1,8,11-12H2,(H,25,31)(H,26,30). The van der Waals surface area contributed by atoms with Crippen molar-refractivity contribution in [1.29, 1.82) is 0 Å². The van der Waals surface area contributed by atoms with Crippen LogP contribution < -0.4 is 10.6 Å². The minimum Gasteiger partial charge on any atom is -0.345 e. The molecule has 1 heterocycles. The molecule has 0 unspecified atom stereocenters. The molecule has 0 atom stereocenters. The van der Waals surface area contributed by atoms with Crippen LogP contribution in [0.3, 0.4) is 0 Å². The quantitative estimate of drug-likeness (QED) is 0.309. The third kappa shape index (κ3) is 6.49. The first-order valence-corrected chi connectivity index (χ1v) is 11.4. The van der Waals surface area contributed by atoms with Crippen molar-refractivity contribution in [3.8, 4) is 0 Å². The monoisotopic (exact) mass is 509 g/mol. The summed E-state index contributed by atoms with van der Waals surface area (Å²) >= 11 is 19.2. The number of hydrogen-bond acceptors (Lipinski definition) is 5. The van der Waals surface area contributed by atoms with E-state index >= 15 is 0 Å².